The summed E-state index contributed by atoms with van der Waals surface area (Å²) in [5.41, 5.74) is 4.90. The maximum absolute atomic E-state index is 13.1. The molecule has 1 aromatic carbocycles. The van der Waals surface area contributed by atoms with E-state index in [0.29, 0.717) is 23.8 Å². The number of carbonyl (C=O) groups excluding carboxylic acids is 1. The maximum Gasteiger partial charge on any atom is 0.249 e. The molecule has 1 fully saturated rings. The molecule has 2 atom stereocenters. The molecule has 9 nitrogen and oxygen atoms in total. The van der Waals surface area contributed by atoms with Crippen LogP contribution in [0.4, 0.5) is 5.69 Å². The Hall–Kier alpha value is -3.72. The Kier molecular flexibility index (Phi) is 5.33. The van der Waals surface area contributed by atoms with Gasteiger partial charge in [-0.2, -0.15) is 0 Å². The summed E-state index contributed by atoms with van der Waals surface area (Å²) in [6.07, 6.45) is 8.85. The van der Waals surface area contributed by atoms with Gasteiger partial charge in [0.25, 0.3) is 0 Å². The van der Waals surface area contributed by atoms with E-state index in [-0.39, 0.29) is 11.9 Å². The molecule has 36 heavy (non-hydrogen) atoms. The van der Waals surface area contributed by atoms with Gasteiger partial charge in [0, 0.05) is 41.8 Å². The molecule has 6 rings (SSSR count). The summed E-state index contributed by atoms with van der Waals surface area (Å²) in [4.78, 5) is 36.0. The SMILES string of the molecule is CCn1c(-c2cnc(C)nc2)nc2c(-c3ccc4c(c3)[C@](C)(NC(C)C3CCC3)C(=O)N4)ncnc21. The van der Waals surface area contributed by atoms with E-state index in [2.05, 4.69) is 55.1 Å². The van der Waals surface area contributed by atoms with Gasteiger partial charge in [0.05, 0.1) is 5.56 Å². The van der Waals surface area contributed by atoms with E-state index in [9.17, 15) is 4.79 Å². The van der Waals surface area contributed by atoms with Crippen LogP contribution < -0.4 is 10.6 Å². The monoisotopic (exact) mass is 482 g/mol. The van der Waals surface area contributed by atoms with Crippen LogP contribution in [0.15, 0.2) is 36.9 Å². The van der Waals surface area contributed by atoms with Crippen molar-refractivity contribution in [3.8, 4) is 22.6 Å². The Morgan fingerprint density at radius 3 is 2.64 bits per heavy atom. The molecule has 1 aliphatic heterocycles. The van der Waals surface area contributed by atoms with E-state index in [1.807, 2.05) is 26.0 Å². The molecule has 1 amide bonds. The number of aryl methyl sites for hydroxylation is 2. The van der Waals surface area contributed by atoms with Gasteiger partial charge >= 0.3 is 0 Å². The van der Waals surface area contributed by atoms with Crippen LogP contribution in [0.5, 0.6) is 0 Å². The van der Waals surface area contributed by atoms with Gasteiger partial charge in [-0.25, -0.2) is 24.9 Å². The first-order valence-electron chi connectivity index (χ1n) is 12.6. The van der Waals surface area contributed by atoms with Crippen LogP contribution in [0.25, 0.3) is 33.8 Å². The standard InChI is InChI=1S/C27H30N8O/c1-5-35-24(19-12-28-16(3)29-13-19)33-23-22(30-14-31-25(23)35)18-9-10-21-20(11-18)27(4,26(36)32-21)34-15(2)17-7-6-8-17/h9-15,17,34H,5-8H2,1-4H3,(H,32,36)/t15?,27-/m0/s1. The fraction of sp³-hybridized carbons (Fsp3) is 0.407. The van der Waals surface area contributed by atoms with Gasteiger partial charge in [0.1, 0.15) is 34.7 Å². The first-order chi connectivity index (χ1) is 17.4. The molecule has 2 N–H and O–H groups in total. The molecule has 3 aromatic heterocycles. The topological polar surface area (TPSA) is 111 Å². The largest absolute Gasteiger partial charge is 0.324 e. The second-order valence-electron chi connectivity index (χ2n) is 10.1. The number of anilines is 1. The summed E-state index contributed by atoms with van der Waals surface area (Å²) in [5.74, 6) is 2.06. The zero-order valence-electron chi connectivity index (χ0n) is 21.0. The quantitative estimate of drug-likeness (QED) is 0.423. The molecule has 4 heterocycles. The number of carbonyl (C=O) groups is 1. The minimum Gasteiger partial charge on any atom is -0.324 e. The van der Waals surface area contributed by atoms with Gasteiger partial charge in [-0.15, -0.1) is 0 Å². The van der Waals surface area contributed by atoms with Gasteiger partial charge in [-0.3, -0.25) is 10.1 Å². The molecular weight excluding hydrogens is 452 g/mol. The number of nitrogens with one attached hydrogen (secondary N) is 2. The maximum atomic E-state index is 13.1. The minimum atomic E-state index is -0.806. The van der Waals surface area contributed by atoms with Gasteiger partial charge in [-0.05, 0) is 58.6 Å². The second kappa shape index (κ2) is 8.44. The lowest BCUT2D eigenvalue weighted by molar-refractivity contribution is -0.121. The van der Waals surface area contributed by atoms with E-state index in [1.165, 1.54) is 19.3 Å². The second-order valence-corrected chi connectivity index (χ2v) is 10.1. The fourth-order valence-electron chi connectivity index (χ4n) is 5.42. The van der Waals surface area contributed by atoms with Crippen LogP contribution in [0, 0.1) is 12.8 Å². The molecule has 184 valence electrons. The first kappa shape index (κ1) is 22.7. The van der Waals surface area contributed by atoms with E-state index in [4.69, 9.17) is 4.98 Å². The average Bonchev–Trinajstić information content (AvgIpc) is 3.32. The third-order valence-electron chi connectivity index (χ3n) is 7.79. The summed E-state index contributed by atoms with van der Waals surface area (Å²) >= 11 is 0. The Bertz CT molecular complexity index is 1470. The summed E-state index contributed by atoms with van der Waals surface area (Å²) < 4.78 is 2.05. The van der Waals surface area contributed by atoms with Gasteiger partial charge in [-0.1, -0.05) is 12.5 Å². The molecular formula is C27H30N8O. The molecule has 0 radical (unpaired) electrons. The number of nitrogens with zero attached hydrogens (tertiary/aromatic N) is 6. The number of hydrogen-bond acceptors (Lipinski definition) is 7. The molecule has 2 aliphatic rings. The fourth-order valence-corrected chi connectivity index (χ4v) is 5.42. The highest BCUT2D eigenvalue weighted by Crippen LogP contribution is 2.41. The zero-order chi connectivity index (χ0) is 25.0. The molecule has 4 aromatic rings. The summed E-state index contributed by atoms with van der Waals surface area (Å²) in [6, 6.07) is 6.27. The van der Waals surface area contributed by atoms with Crippen LogP contribution in [-0.2, 0) is 16.9 Å². The highest BCUT2D eigenvalue weighted by molar-refractivity contribution is 6.06. The van der Waals surface area contributed by atoms with Crippen molar-refractivity contribution in [3.63, 3.8) is 0 Å². The number of benzene rings is 1. The summed E-state index contributed by atoms with van der Waals surface area (Å²) in [5, 5.41) is 6.71. The lowest BCUT2D eigenvalue weighted by atomic mass is 9.79. The van der Waals surface area contributed by atoms with E-state index in [0.717, 1.165) is 39.5 Å². The van der Waals surface area contributed by atoms with Gasteiger partial charge in [0.15, 0.2) is 5.65 Å². The number of amides is 1. The highest BCUT2D eigenvalue weighted by atomic mass is 16.2. The van der Waals surface area contributed by atoms with Crippen LogP contribution in [-0.4, -0.2) is 41.4 Å². The van der Waals surface area contributed by atoms with Crippen molar-refractivity contribution in [1.82, 2.24) is 34.8 Å². The van der Waals surface area contributed by atoms with Crippen LogP contribution in [0.2, 0.25) is 0 Å². The normalized spacial score (nSPS) is 20.3. The van der Waals surface area contributed by atoms with Crippen LogP contribution >= 0.6 is 0 Å². The molecule has 1 aliphatic carbocycles. The van der Waals surface area contributed by atoms with E-state index >= 15 is 0 Å². The number of imidazole rings is 1. The number of hydrogen-bond donors (Lipinski definition) is 2. The van der Waals surface area contributed by atoms with Crippen LogP contribution in [0.1, 0.15) is 51.4 Å². The molecule has 1 saturated carbocycles. The third kappa shape index (κ3) is 3.49. The average molecular weight is 483 g/mol. The van der Waals surface area contributed by atoms with Crippen molar-refractivity contribution in [2.75, 3.05) is 5.32 Å². The number of rotatable bonds is 6. The molecule has 0 saturated heterocycles. The Labute approximate surface area is 209 Å². The lowest BCUT2D eigenvalue weighted by Gasteiger charge is -2.37. The Morgan fingerprint density at radius 2 is 1.94 bits per heavy atom. The van der Waals surface area contributed by atoms with Gasteiger partial charge < -0.3 is 9.88 Å². The van der Waals surface area contributed by atoms with Crippen molar-refractivity contribution >= 4 is 22.8 Å². The van der Waals surface area contributed by atoms with Crippen LogP contribution in [0.3, 0.4) is 0 Å². The number of aromatic nitrogens is 6. The predicted molar refractivity (Wildman–Crippen MR) is 138 cm³/mol. The lowest BCUT2D eigenvalue weighted by Crippen LogP contribution is -2.52. The van der Waals surface area contributed by atoms with Crippen molar-refractivity contribution in [2.24, 2.45) is 5.92 Å². The molecule has 0 bridgehead atoms. The molecule has 9 heteroatoms. The van der Waals surface area contributed by atoms with Crippen molar-refractivity contribution in [2.45, 2.75) is 65.1 Å². The third-order valence-corrected chi connectivity index (χ3v) is 7.79. The zero-order valence-corrected chi connectivity index (χ0v) is 21.0. The van der Waals surface area contributed by atoms with E-state index < -0.39 is 5.54 Å². The smallest absolute Gasteiger partial charge is 0.249 e. The Morgan fingerprint density at radius 1 is 1.17 bits per heavy atom. The van der Waals surface area contributed by atoms with Gasteiger partial charge in [0.2, 0.25) is 5.91 Å². The number of fused-ring (bicyclic) bond motifs is 2. The highest BCUT2D eigenvalue weighted by Gasteiger charge is 2.45. The first-order valence-corrected chi connectivity index (χ1v) is 12.6. The minimum absolute atomic E-state index is 0.0226. The molecule has 0 spiro atoms. The van der Waals surface area contributed by atoms with Crippen molar-refractivity contribution in [1.29, 1.82) is 0 Å². The Balaban J connectivity index is 1.45. The molecule has 1 unspecified atom stereocenters. The predicted octanol–water partition coefficient (Wildman–Crippen LogP) is 4.22. The van der Waals surface area contributed by atoms with Crippen molar-refractivity contribution in [3.05, 3.63) is 48.3 Å². The summed E-state index contributed by atoms with van der Waals surface area (Å²) in [6.45, 7) is 8.78. The van der Waals surface area contributed by atoms with E-state index in [1.54, 1.807) is 18.7 Å². The van der Waals surface area contributed by atoms with Crippen molar-refractivity contribution < 1.29 is 4.79 Å². The summed E-state index contributed by atoms with van der Waals surface area (Å²) in [7, 11) is 0.